The summed E-state index contributed by atoms with van der Waals surface area (Å²) in [6.07, 6.45) is -0.536. The van der Waals surface area contributed by atoms with Gasteiger partial charge in [-0.05, 0) is 42.3 Å². The Balaban J connectivity index is 2.02. The first-order valence-corrected chi connectivity index (χ1v) is 5.90. The summed E-state index contributed by atoms with van der Waals surface area (Å²) in [5, 5.41) is 9.36. The largest absolute Gasteiger partial charge is 0.489 e. The first-order chi connectivity index (χ1) is 9.04. The van der Waals surface area contributed by atoms with E-state index in [-0.39, 0.29) is 6.61 Å². The molecule has 0 fully saturated rings. The minimum Gasteiger partial charge on any atom is -0.489 e. The zero-order valence-electron chi connectivity index (χ0n) is 10.4. The van der Waals surface area contributed by atoms with Crippen LogP contribution in [-0.2, 0) is 6.61 Å². The second-order valence-corrected chi connectivity index (χ2v) is 4.31. The Labute approximate surface area is 110 Å². The molecule has 1 N–H and O–H groups in total. The molecular formula is C15H14F2O2. The van der Waals surface area contributed by atoms with E-state index in [0.29, 0.717) is 11.3 Å². The van der Waals surface area contributed by atoms with Gasteiger partial charge < -0.3 is 9.84 Å². The van der Waals surface area contributed by atoms with Crippen molar-refractivity contribution in [3.05, 3.63) is 65.2 Å². The Morgan fingerprint density at radius 3 is 2.16 bits per heavy atom. The van der Waals surface area contributed by atoms with Crippen molar-refractivity contribution in [2.75, 3.05) is 0 Å². The van der Waals surface area contributed by atoms with Gasteiger partial charge in [0.2, 0.25) is 0 Å². The van der Waals surface area contributed by atoms with Gasteiger partial charge in [0.05, 0.1) is 6.10 Å². The summed E-state index contributed by atoms with van der Waals surface area (Å²) in [5.74, 6) is -0.667. The minimum atomic E-state index is -0.622. The number of halogens is 2. The predicted octanol–water partition coefficient (Wildman–Crippen LogP) is 3.60. The van der Waals surface area contributed by atoms with E-state index < -0.39 is 17.7 Å². The topological polar surface area (TPSA) is 29.5 Å². The Morgan fingerprint density at radius 2 is 1.63 bits per heavy atom. The Morgan fingerprint density at radius 1 is 1.05 bits per heavy atom. The molecule has 2 aromatic rings. The molecule has 0 aliphatic carbocycles. The minimum absolute atomic E-state index is 0.0860. The lowest BCUT2D eigenvalue weighted by atomic mass is 10.1. The van der Waals surface area contributed by atoms with Crippen molar-refractivity contribution in [1.82, 2.24) is 0 Å². The van der Waals surface area contributed by atoms with E-state index in [2.05, 4.69) is 0 Å². The highest BCUT2D eigenvalue weighted by Gasteiger charge is 2.03. The molecule has 100 valence electrons. The zero-order chi connectivity index (χ0) is 13.8. The molecule has 0 unspecified atom stereocenters. The smallest absolute Gasteiger partial charge is 0.126 e. The van der Waals surface area contributed by atoms with Gasteiger partial charge in [-0.25, -0.2) is 8.78 Å². The van der Waals surface area contributed by atoms with Crippen molar-refractivity contribution in [1.29, 1.82) is 0 Å². The third-order valence-electron chi connectivity index (χ3n) is 2.69. The van der Waals surface area contributed by atoms with E-state index >= 15 is 0 Å². The molecule has 4 heteroatoms. The maximum Gasteiger partial charge on any atom is 0.126 e. The summed E-state index contributed by atoms with van der Waals surface area (Å²) in [5.41, 5.74) is 1.21. The Bertz CT molecular complexity index is 530. The maximum absolute atomic E-state index is 13.0. The molecule has 2 nitrogen and oxygen atoms in total. The molecular weight excluding hydrogens is 250 g/mol. The van der Waals surface area contributed by atoms with Crippen LogP contribution in [0.4, 0.5) is 8.78 Å². The zero-order valence-corrected chi connectivity index (χ0v) is 10.4. The van der Waals surface area contributed by atoms with Gasteiger partial charge in [-0.3, -0.25) is 0 Å². The molecule has 2 aromatic carbocycles. The van der Waals surface area contributed by atoms with E-state index in [0.717, 1.165) is 11.6 Å². The SMILES string of the molecule is C[C@@H](O)c1ccc(OCc2cc(F)cc(F)c2)cc1. The Hall–Kier alpha value is -1.94. The van der Waals surface area contributed by atoms with Gasteiger partial charge in [0.1, 0.15) is 24.0 Å². The van der Waals surface area contributed by atoms with E-state index in [9.17, 15) is 13.9 Å². The molecule has 0 saturated heterocycles. The summed E-state index contributed by atoms with van der Waals surface area (Å²) < 4.78 is 31.4. The van der Waals surface area contributed by atoms with Crippen LogP contribution in [0.25, 0.3) is 0 Å². The third kappa shape index (κ3) is 3.76. The number of aliphatic hydroxyl groups excluding tert-OH is 1. The molecule has 2 rings (SSSR count). The molecule has 0 saturated carbocycles. The second kappa shape index (κ2) is 5.80. The summed E-state index contributed by atoms with van der Waals surface area (Å²) in [6, 6.07) is 10.2. The highest BCUT2D eigenvalue weighted by Crippen LogP contribution is 2.18. The summed E-state index contributed by atoms with van der Waals surface area (Å²) in [6.45, 7) is 1.76. The van der Waals surface area contributed by atoms with Crippen LogP contribution in [0.1, 0.15) is 24.2 Å². The number of hydrogen-bond donors (Lipinski definition) is 1. The predicted molar refractivity (Wildman–Crippen MR) is 67.8 cm³/mol. The fourth-order valence-corrected chi connectivity index (χ4v) is 1.70. The van der Waals surface area contributed by atoms with Crippen LogP contribution in [0.3, 0.4) is 0 Å². The molecule has 0 aromatic heterocycles. The van der Waals surface area contributed by atoms with E-state index in [1.807, 2.05) is 0 Å². The summed E-state index contributed by atoms with van der Waals surface area (Å²) >= 11 is 0. The molecule has 0 amide bonds. The quantitative estimate of drug-likeness (QED) is 0.914. The molecule has 19 heavy (non-hydrogen) atoms. The van der Waals surface area contributed by atoms with Crippen molar-refractivity contribution in [3.8, 4) is 5.75 Å². The van der Waals surface area contributed by atoms with Crippen molar-refractivity contribution in [2.45, 2.75) is 19.6 Å². The fraction of sp³-hybridized carbons (Fsp3) is 0.200. The highest BCUT2D eigenvalue weighted by atomic mass is 19.1. The first-order valence-electron chi connectivity index (χ1n) is 5.90. The Kier molecular flexibility index (Phi) is 4.12. The standard InChI is InChI=1S/C15H14F2O2/c1-10(18)12-2-4-15(5-3-12)19-9-11-6-13(16)8-14(17)7-11/h2-8,10,18H,9H2,1H3/t10-/m1/s1. The fourth-order valence-electron chi connectivity index (χ4n) is 1.70. The normalized spacial score (nSPS) is 12.2. The summed E-state index contributed by atoms with van der Waals surface area (Å²) in [7, 11) is 0. The van der Waals surface area contributed by atoms with E-state index in [4.69, 9.17) is 4.74 Å². The molecule has 0 aliphatic rings. The van der Waals surface area contributed by atoms with E-state index in [1.54, 1.807) is 31.2 Å². The average molecular weight is 264 g/mol. The molecule has 0 aliphatic heterocycles. The molecule has 0 heterocycles. The van der Waals surface area contributed by atoms with Crippen LogP contribution < -0.4 is 4.74 Å². The van der Waals surface area contributed by atoms with Crippen LogP contribution in [0.2, 0.25) is 0 Å². The molecule has 1 atom stereocenters. The van der Waals surface area contributed by atoms with Crippen LogP contribution >= 0.6 is 0 Å². The number of benzene rings is 2. The van der Waals surface area contributed by atoms with Crippen LogP contribution in [0.5, 0.6) is 5.75 Å². The first kappa shape index (κ1) is 13.5. The summed E-state index contributed by atoms with van der Waals surface area (Å²) in [4.78, 5) is 0. The highest BCUT2D eigenvalue weighted by molar-refractivity contribution is 5.28. The van der Waals surface area contributed by atoms with Gasteiger partial charge in [0.25, 0.3) is 0 Å². The van der Waals surface area contributed by atoms with Gasteiger partial charge in [0.15, 0.2) is 0 Å². The van der Waals surface area contributed by atoms with Gasteiger partial charge in [0, 0.05) is 6.07 Å². The lowest BCUT2D eigenvalue weighted by Gasteiger charge is -2.09. The maximum atomic E-state index is 13.0. The van der Waals surface area contributed by atoms with Crippen molar-refractivity contribution in [3.63, 3.8) is 0 Å². The third-order valence-corrected chi connectivity index (χ3v) is 2.69. The van der Waals surface area contributed by atoms with Crippen molar-refractivity contribution in [2.24, 2.45) is 0 Å². The average Bonchev–Trinajstić information content (AvgIpc) is 2.36. The van der Waals surface area contributed by atoms with Crippen LogP contribution in [0, 0.1) is 11.6 Å². The van der Waals surface area contributed by atoms with Gasteiger partial charge >= 0.3 is 0 Å². The van der Waals surface area contributed by atoms with Crippen molar-refractivity contribution < 1.29 is 18.6 Å². The molecule has 0 spiro atoms. The van der Waals surface area contributed by atoms with Crippen LogP contribution in [-0.4, -0.2) is 5.11 Å². The number of rotatable bonds is 4. The second-order valence-electron chi connectivity index (χ2n) is 4.31. The molecule has 0 radical (unpaired) electrons. The number of ether oxygens (including phenoxy) is 1. The monoisotopic (exact) mass is 264 g/mol. The lowest BCUT2D eigenvalue weighted by molar-refractivity contribution is 0.199. The number of aliphatic hydroxyl groups is 1. The van der Waals surface area contributed by atoms with E-state index in [1.165, 1.54) is 12.1 Å². The van der Waals surface area contributed by atoms with Gasteiger partial charge in [-0.1, -0.05) is 12.1 Å². The molecule has 0 bridgehead atoms. The van der Waals surface area contributed by atoms with Gasteiger partial charge in [-0.2, -0.15) is 0 Å². The van der Waals surface area contributed by atoms with Crippen molar-refractivity contribution >= 4 is 0 Å². The van der Waals surface area contributed by atoms with Crippen LogP contribution in [0.15, 0.2) is 42.5 Å². The lowest BCUT2D eigenvalue weighted by Crippen LogP contribution is -1.98. The van der Waals surface area contributed by atoms with Gasteiger partial charge in [-0.15, -0.1) is 0 Å². The number of hydrogen-bond acceptors (Lipinski definition) is 2.